The molecule has 0 radical (unpaired) electrons. The van der Waals surface area contributed by atoms with E-state index in [1.54, 1.807) is 31.4 Å². The van der Waals surface area contributed by atoms with E-state index in [9.17, 15) is 14.4 Å². The lowest BCUT2D eigenvalue weighted by molar-refractivity contribution is -0.134. The molecule has 0 unspecified atom stereocenters. The maximum atomic E-state index is 13.1. The monoisotopic (exact) mass is 445 g/mol. The third-order valence-electron chi connectivity index (χ3n) is 5.95. The molecule has 0 aliphatic carbocycles. The van der Waals surface area contributed by atoms with E-state index in [0.29, 0.717) is 43.7 Å². The van der Waals surface area contributed by atoms with Crippen molar-refractivity contribution in [2.45, 2.75) is 72.4 Å². The minimum Gasteiger partial charge on any atom is -0.497 e. The Balaban J connectivity index is 2.11. The van der Waals surface area contributed by atoms with Gasteiger partial charge in [-0.05, 0) is 55.7 Å². The zero-order valence-corrected chi connectivity index (χ0v) is 20.4. The topological polar surface area (TPSA) is 87.7 Å². The van der Waals surface area contributed by atoms with Crippen molar-refractivity contribution in [1.82, 2.24) is 15.5 Å². The zero-order chi connectivity index (χ0) is 23.9. The van der Waals surface area contributed by atoms with Crippen LogP contribution >= 0.6 is 0 Å². The van der Waals surface area contributed by atoms with E-state index in [1.165, 1.54) is 0 Å². The van der Waals surface area contributed by atoms with Gasteiger partial charge in [0, 0.05) is 31.1 Å². The van der Waals surface area contributed by atoms with Gasteiger partial charge in [0.15, 0.2) is 0 Å². The molecule has 0 saturated carbocycles. The summed E-state index contributed by atoms with van der Waals surface area (Å²) in [5, 5.41) is 5.97. The average Bonchev–Trinajstić information content (AvgIpc) is 2.76. The van der Waals surface area contributed by atoms with Crippen LogP contribution in [0.2, 0.25) is 0 Å². The summed E-state index contributed by atoms with van der Waals surface area (Å²) in [4.78, 5) is 40.5. The third-order valence-corrected chi connectivity index (χ3v) is 5.95. The van der Waals surface area contributed by atoms with Gasteiger partial charge in [-0.3, -0.25) is 14.4 Å². The maximum Gasteiger partial charge on any atom is 0.252 e. The van der Waals surface area contributed by atoms with Crippen LogP contribution in [0.15, 0.2) is 24.3 Å². The molecule has 1 aliphatic rings. The molecule has 1 heterocycles. The first-order valence-corrected chi connectivity index (χ1v) is 11.6. The molecule has 178 valence electrons. The number of piperidine rings is 1. The molecule has 1 aromatic rings. The van der Waals surface area contributed by atoms with E-state index in [-0.39, 0.29) is 35.1 Å². The Hall–Kier alpha value is -2.57. The molecule has 2 N–H and O–H groups in total. The Bertz CT molecular complexity index is 795. The van der Waals surface area contributed by atoms with Crippen molar-refractivity contribution >= 4 is 17.7 Å². The molecule has 2 atom stereocenters. The van der Waals surface area contributed by atoms with E-state index < -0.39 is 6.04 Å². The van der Waals surface area contributed by atoms with E-state index in [4.69, 9.17) is 4.74 Å². The minimum atomic E-state index is -0.650. The smallest absolute Gasteiger partial charge is 0.252 e. The highest BCUT2D eigenvalue weighted by Gasteiger charge is 2.35. The number of amides is 3. The van der Waals surface area contributed by atoms with Crippen LogP contribution in [0, 0.1) is 11.3 Å². The highest BCUT2D eigenvalue weighted by molar-refractivity contribution is 5.98. The summed E-state index contributed by atoms with van der Waals surface area (Å²) in [7, 11) is 1.55. The fourth-order valence-corrected chi connectivity index (χ4v) is 3.87. The molecule has 2 rings (SSSR count). The quantitative estimate of drug-likeness (QED) is 0.642. The van der Waals surface area contributed by atoms with Gasteiger partial charge in [0.25, 0.3) is 5.91 Å². The highest BCUT2D eigenvalue weighted by atomic mass is 16.5. The lowest BCUT2D eigenvalue weighted by Gasteiger charge is -2.37. The van der Waals surface area contributed by atoms with Crippen LogP contribution in [-0.2, 0) is 9.59 Å². The molecule has 7 nitrogen and oxygen atoms in total. The Kier molecular flexibility index (Phi) is 9.10. The van der Waals surface area contributed by atoms with Crippen LogP contribution in [0.5, 0.6) is 5.75 Å². The van der Waals surface area contributed by atoms with E-state index >= 15 is 0 Å². The molecule has 1 saturated heterocycles. The lowest BCUT2D eigenvalue weighted by Crippen LogP contribution is -2.55. The molecule has 1 aromatic carbocycles. The fraction of sp³-hybridized carbons (Fsp3) is 0.640. The van der Waals surface area contributed by atoms with Crippen molar-refractivity contribution in [2.75, 3.05) is 20.2 Å². The van der Waals surface area contributed by atoms with Gasteiger partial charge in [0.2, 0.25) is 11.8 Å². The predicted octanol–water partition coefficient (Wildman–Crippen LogP) is 3.38. The summed E-state index contributed by atoms with van der Waals surface area (Å²) >= 11 is 0. The molecular formula is C25H39N3O4. The fourth-order valence-electron chi connectivity index (χ4n) is 3.87. The number of hydrogen-bond donors (Lipinski definition) is 2. The van der Waals surface area contributed by atoms with E-state index in [1.807, 2.05) is 18.7 Å². The largest absolute Gasteiger partial charge is 0.497 e. The van der Waals surface area contributed by atoms with E-state index in [2.05, 4.69) is 31.4 Å². The number of likely N-dealkylation sites (tertiary alicyclic amines) is 1. The summed E-state index contributed by atoms with van der Waals surface area (Å²) in [6, 6.07) is 6.26. The van der Waals surface area contributed by atoms with Crippen LogP contribution < -0.4 is 15.4 Å². The normalized spacial score (nSPS) is 16.8. The Morgan fingerprint density at radius 1 is 1.16 bits per heavy atom. The van der Waals surface area contributed by atoms with Crippen LogP contribution in [0.4, 0.5) is 0 Å². The molecule has 1 aliphatic heterocycles. The second-order valence-corrected chi connectivity index (χ2v) is 9.96. The van der Waals surface area contributed by atoms with Gasteiger partial charge < -0.3 is 20.3 Å². The minimum absolute atomic E-state index is 0.0205. The number of carbonyl (C=O) groups excluding carboxylic acids is 3. The van der Waals surface area contributed by atoms with Gasteiger partial charge in [-0.25, -0.2) is 0 Å². The summed E-state index contributed by atoms with van der Waals surface area (Å²) in [6.45, 7) is 11.3. The summed E-state index contributed by atoms with van der Waals surface area (Å²) in [6.07, 6.45) is 2.66. The van der Waals surface area contributed by atoms with Crippen LogP contribution in [-0.4, -0.2) is 54.9 Å². The first kappa shape index (κ1) is 25.7. The van der Waals surface area contributed by atoms with Gasteiger partial charge in [0.05, 0.1) is 7.11 Å². The molecule has 0 aromatic heterocycles. The molecule has 32 heavy (non-hydrogen) atoms. The zero-order valence-electron chi connectivity index (χ0n) is 20.4. The highest BCUT2D eigenvalue weighted by Crippen LogP contribution is 2.25. The number of hydrogen-bond acceptors (Lipinski definition) is 4. The van der Waals surface area contributed by atoms with Crippen molar-refractivity contribution in [1.29, 1.82) is 0 Å². The standard InChI is InChI=1S/C25H39N3O4/c1-7-17(2)26-24(31)22(27-23(30)19-9-8-10-20(15-19)32-6)18-11-13-28(14-12-18)21(29)16-25(3,4)5/h8-10,15,17-18,22H,7,11-14,16H2,1-6H3,(H,26,31)(H,27,30)/t17-,22+/m1/s1. The van der Waals surface area contributed by atoms with Crippen molar-refractivity contribution in [3.8, 4) is 5.75 Å². The summed E-state index contributed by atoms with van der Waals surface area (Å²) in [5.41, 5.74) is 0.389. The number of ether oxygens (including phenoxy) is 1. The van der Waals surface area contributed by atoms with Crippen LogP contribution in [0.1, 0.15) is 70.7 Å². The number of benzene rings is 1. The SMILES string of the molecule is CC[C@@H](C)NC(=O)[C@@H](NC(=O)c1cccc(OC)c1)C1CCN(C(=O)CC(C)(C)C)CC1. The molecular weight excluding hydrogens is 406 g/mol. The Morgan fingerprint density at radius 3 is 2.38 bits per heavy atom. The maximum absolute atomic E-state index is 13.1. The molecule has 0 bridgehead atoms. The molecule has 7 heteroatoms. The van der Waals surface area contributed by atoms with E-state index in [0.717, 1.165) is 6.42 Å². The van der Waals surface area contributed by atoms with Gasteiger partial charge in [-0.15, -0.1) is 0 Å². The molecule has 0 spiro atoms. The second kappa shape index (κ2) is 11.3. The van der Waals surface area contributed by atoms with Gasteiger partial charge in [0.1, 0.15) is 11.8 Å². The molecule has 1 fully saturated rings. The van der Waals surface area contributed by atoms with Gasteiger partial charge in [-0.2, -0.15) is 0 Å². The first-order chi connectivity index (χ1) is 15.0. The predicted molar refractivity (Wildman–Crippen MR) is 126 cm³/mol. The average molecular weight is 446 g/mol. The number of methoxy groups -OCH3 is 1. The third kappa shape index (κ3) is 7.53. The number of nitrogens with one attached hydrogen (secondary N) is 2. The summed E-state index contributed by atoms with van der Waals surface area (Å²) in [5.74, 6) is 0.225. The van der Waals surface area contributed by atoms with Crippen molar-refractivity contribution in [3.63, 3.8) is 0 Å². The van der Waals surface area contributed by atoms with Crippen LogP contribution in [0.25, 0.3) is 0 Å². The van der Waals surface area contributed by atoms with Crippen molar-refractivity contribution in [3.05, 3.63) is 29.8 Å². The molecule has 3 amide bonds. The lowest BCUT2D eigenvalue weighted by atomic mass is 9.87. The first-order valence-electron chi connectivity index (χ1n) is 11.6. The van der Waals surface area contributed by atoms with Crippen molar-refractivity contribution < 1.29 is 19.1 Å². The van der Waals surface area contributed by atoms with Crippen LogP contribution in [0.3, 0.4) is 0 Å². The second-order valence-electron chi connectivity index (χ2n) is 9.96. The summed E-state index contributed by atoms with van der Waals surface area (Å²) < 4.78 is 5.21. The number of carbonyl (C=O) groups is 3. The van der Waals surface area contributed by atoms with Gasteiger partial charge >= 0.3 is 0 Å². The number of rotatable bonds is 8. The number of nitrogens with zero attached hydrogens (tertiary/aromatic N) is 1. The van der Waals surface area contributed by atoms with Gasteiger partial charge in [-0.1, -0.05) is 33.8 Å². The van der Waals surface area contributed by atoms with Crippen molar-refractivity contribution in [2.24, 2.45) is 11.3 Å². The Morgan fingerprint density at radius 2 is 1.81 bits per heavy atom. The Labute approximate surface area is 192 Å².